The molecular weight excluding hydrogens is 400 g/mol. The zero-order chi connectivity index (χ0) is 20.7. The highest BCUT2D eigenvalue weighted by Gasteiger charge is 2.23. The van der Waals surface area contributed by atoms with Crippen molar-refractivity contribution in [1.82, 2.24) is 9.62 Å². The molecular formula is C19H26N2O5S2. The SMILES string of the molecule is CCN(CC)S(=O)(=O)c1ccc(CNC(=O)[C@H](C)Oc2ccc(OC)cc2)s1. The normalized spacial score (nSPS) is 12.6. The molecule has 1 atom stereocenters. The maximum Gasteiger partial charge on any atom is 0.261 e. The van der Waals surface area contributed by atoms with Crippen LogP contribution in [0.4, 0.5) is 0 Å². The number of benzene rings is 1. The molecule has 9 heteroatoms. The molecule has 0 saturated heterocycles. The number of nitrogens with one attached hydrogen (secondary N) is 1. The van der Waals surface area contributed by atoms with E-state index in [1.54, 1.807) is 64.3 Å². The van der Waals surface area contributed by atoms with E-state index >= 15 is 0 Å². The number of carbonyl (C=O) groups is 1. The number of methoxy groups -OCH3 is 1. The Hall–Kier alpha value is -2.10. The number of carbonyl (C=O) groups excluding carboxylic acids is 1. The summed E-state index contributed by atoms with van der Waals surface area (Å²) in [6.07, 6.45) is -0.688. The first kappa shape index (κ1) is 22.2. The Morgan fingerprint density at radius 1 is 1.11 bits per heavy atom. The number of nitrogens with zero attached hydrogens (tertiary/aromatic N) is 1. The number of amides is 1. The molecule has 1 heterocycles. The second-order valence-electron chi connectivity index (χ2n) is 5.96. The Morgan fingerprint density at radius 2 is 1.71 bits per heavy atom. The lowest BCUT2D eigenvalue weighted by Crippen LogP contribution is -2.35. The van der Waals surface area contributed by atoms with Gasteiger partial charge >= 0.3 is 0 Å². The van der Waals surface area contributed by atoms with E-state index in [-0.39, 0.29) is 16.7 Å². The lowest BCUT2D eigenvalue weighted by molar-refractivity contribution is -0.127. The van der Waals surface area contributed by atoms with Gasteiger partial charge in [0, 0.05) is 18.0 Å². The standard InChI is InChI=1S/C19H26N2O5S2/c1-5-21(6-2)28(23,24)18-12-11-17(27-18)13-20-19(22)14(3)26-16-9-7-15(25-4)8-10-16/h7-12,14H,5-6,13H2,1-4H3,(H,20,22)/t14-/m0/s1. The summed E-state index contributed by atoms with van der Waals surface area (Å²) in [7, 11) is -1.90. The van der Waals surface area contributed by atoms with E-state index in [2.05, 4.69) is 5.32 Å². The third-order valence-electron chi connectivity index (χ3n) is 4.11. The summed E-state index contributed by atoms with van der Waals surface area (Å²) in [6.45, 7) is 6.35. The van der Waals surface area contributed by atoms with Gasteiger partial charge in [-0.3, -0.25) is 4.79 Å². The van der Waals surface area contributed by atoms with Crippen molar-refractivity contribution in [2.24, 2.45) is 0 Å². The second-order valence-corrected chi connectivity index (χ2v) is 9.30. The highest BCUT2D eigenvalue weighted by atomic mass is 32.2. The van der Waals surface area contributed by atoms with E-state index in [9.17, 15) is 13.2 Å². The molecule has 0 radical (unpaired) electrons. The number of hydrogen-bond acceptors (Lipinski definition) is 6. The van der Waals surface area contributed by atoms with E-state index in [1.165, 1.54) is 4.31 Å². The van der Waals surface area contributed by atoms with Gasteiger partial charge in [0.2, 0.25) is 0 Å². The van der Waals surface area contributed by atoms with Crippen molar-refractivity contribution in [3.05, 3.63) is 41.3 Å². The molecule has 1 aromatic heterocycles. The quantitative estimate of drug-likeness (QED) is 0.631. The molecule has 0 saturated carbocycles. The minimum Gasteiger partial charge on any atom is -0.497 e. The van der Waals surface area contributed by atoms with Gasteiger partial charge in [0.15, 0.2) is 6.10 Å². The van der Waals surface area contributed by atoms with E-state index in [4.69, 9.17) is 9.47 Å². The summed E-state index contributed by atoms with van der Waals surface area (Å²) in [6, 6.07) is 10.3. The average molecular weight is 427 g/mol. The summed E-state index contributed by atoms with van der Waals surface area (Å²) < 4.78 is 37.4. The molecule has 2 aromatic rings. The van der Waals surface area contributed by atoms with Crippen LogP contribution in [0.2, 0.25) is 0 Å². The zero-order valence-corrected chi connectivity index (χ0v) is 18.1. The first-order chi connectivity index (χ1) is 13.3. The largest absolute Gasteiger partial charge is 0.497 e. The Labute approximate surface area is 170 Å². The molecule has 0 bridgehead atoms. The van der Waals surface area contributed by atoms with Crippen LogP contribution < -0.4 is 14.8 Å². The van der Waals surface area contributed by atoms with E-state index < -0.39 is 16.1 Å². The highest BCUT2D eigenvalue weighted by Crippen LogP contribution is 2.25. The Bertz CT molecular complexity index is 874. The fourth-order valence-electron chi connectivity index (χ4n) is 2.51. The van der Waals surface area contributed by atoms with Gasteiger partial charge in [-0.1, -0.05) is 13.8 Å². The molecule has 1 amide bonds. The van der Waals surface area contributed by atoms with Gasteiger partial charge in [-0.15, -0.1) is 11.3 Å². The Morgan fingerprint density at radius 3 is 2.29 bits per heavy atom. The topological polar surface area (TPSA) is 84.9 Å². The van der Waals surface area contributed by atoms with Crippen LogP contribution in [0.5, 0.6) is 11.5 Å². The van der Waals surface area contributed by atoms with Crippen LogP contribution in [0.3, 0.4) is 0 Å². The van der Waals surface area contributed by atoms with Gasteiger partial charge in [-0.25, -0.2) is 8.42 Å². The second kappa shape index (κ2) is 9.90. The fraction of sp³-hybridized carbons (Fsp3) is 0.421. The molecule has 1 N–H and O–H groups in total. The highest BCUT2D eigenvalue weighted by molar-refractivity contribution is 7.91. The minimum atomic E-state index is -3.48. The average Bonchev–Trinajstić information content (AvgIpc) is 3.17. The van der Waals surface area contributed by atoms with E-state index in [0.29, 0.717) is 24.6 Å². The number of ether oxygens (including phenoxy) is 2. The third kappa shape index (κ3) is 5.46. The van der Waals surface area contributed by atoms with Crippen LogP contribution in [0.15, 0.2) is 40.6 Å². The molecule has 28 heavy (non-hydrogen) atoms. The van der Waals surface area contributed by atoms with E-state index in [1.807, 2.05) is 0 Å². The van der Waals surface area contributed by atoms with Crippen molar-refractivity contribution in [2.45, 2.75) is 37.6 Å². The number of rotatable bonds is 10. The summed E-state index contributed by atoms with van der Waals surface area (Å²) >= 11 is 1.16. The van der Waals surface area contributed by atoms with Crippen LogP contribution >= 0.6 is 11.3 Å². The van der Waals surface area contributed by atoms with Gasteiger partial charge in [-0.2, -0.15) is 4.31 Å². The van der Waals surface area contributed by atoms with Crippen LogP contribution in [-0.2, 0) is 21.4 Å². The molecule has 7 nitrogen and oxygen atoms in total. The Kier molecular flexibility index (Phi) is 7.85. The van der Waals surface area contributed by atoms with Crippen LogP contribution in [0.1, 0.15) is 25.6 Å². The Balaban J connectivity index is 1.92. The molecule has 0 aliphatic carbocycles. The monoisotopic (exact) mass is 426 g/mol. The lowest BCUT2D eigenvalue weighted by atomic mass is 10.3. The van der Waals surface area contributed by atoms with Crippen LogP contribution in [0.25, 0.3) is 0 Å². The summed E-state index contributed by atoms with van der Waals surface area (Å²) in [4.78, 5) is 13.0. The maximum atomic E-state index is 12.5. The summed E-state index contributed by atoms with van der Waals surface area (Å²) in [5, 5.41) is 2.78. The lowest BCUT2D eigenvalue weighted by Gasteiger charge is -2.16. The predicted octanol–water partition coefficient (Wildman–Crippen LogP) is 2.87. The maximum absolute atomic E-state index is 12.5. The van der Waals surface area contributed by atoms with Gasteiger partial charge in [-0.05, 0) is 43.3 Å². The zero-order valence-electron chi connectivity index (χ0n) is 16.5. The van der Waals surface area contributed by atoms with Crippen molar-refractivity contribution in [3.8, 4) is 11.5 Å². The molecule has 0 spiro atoms. The van der Waals surface area contributed by atoms with Crippen molar-refractivity contribution in [3.63, 3.8) is 0 Å². The summed E-state index contributed by atoms with van der Waals surface area (Å²) in [5.74, 6) is 0.988. The molecule has 0 fully saturated rings. The van der Waals surface area contributed by atoms with Gasteiger partial charge in [0.05, 0.1) is 13.7 Å². The number of hydrogen-bond donors (Lipinski definition) is 1. The van der Waals surface area contributed by atoms with Crippen molar-refractivity contribution >= 4 is 27.3 Å². The van der Waals surface area contributed by atoms with Crippen LogP contribution in [-0.4, -0.2) is 44.9 Å². The fourth-order valence-corrected chi connectivity index (χ4v) is 5.42. The first-order valence-electron chi connectivity index (χ1n) is 8.99. The van der Waals surface area contributed by atoms with Crippen LogP contribution in [0, 0.1) is 0 Å². The van der Waals surface area contributed by atoms with Crippen molar-refractivity contribution in [1.29, 1.82) is 0 Å². The first-order valence-corrected chi connectivity index (χ1v) is 11.2. The van der Waals surface area contributed by atoms with Gasteiger partial charge < -0.3 is 14.8 Å². The molecule has 154 valence electrons. The van der Waals surface area contributed by atoms with Crippen molar-refractivity contribution < 1.29 is 22.7 Å². The van der Waals surface area contributed by atoms with Crippen molar-refractivity contribution in [2.75, 3.05) is 20.2 Å². The summed E-state index contributed by atoms with van der Waals surface area (Å²) in [5.41, 5.74) is 0. The molecule has 1 aromatic carbocycles. The third-order valence-corrected chi connectivity index (χ3v) is 7.72. The molecule has 0 aliphatic heterocycles. The molecule has 2 rings (SSSR count). The molecule has 0 aliphatic rings. The minimum absolute atomic E-state index is 0.244. The van der Waals surface area contributed by atoms with E-state index in [0.717, 1.165) is 16.2 Å². The van der Waals surface area contributed by atoms with Gasteiger partial charge in [0.25, 0.3) is 15.9 Å². The predicted molar refractivity (Wildman–Crippen MR) is 109 cm³/mol. The smallest absolute Gasteiger partial charge is 0.261 e. The molecule has 0 unspecified atom stereocenters. The van der Waals surface area contributed by atoms with Gasteiger partial charge in [0.1, 0.15) is 15.7 Å². The number of thiophene rings is 1. The number of sulfonamides is 1.